The Kier molecular flexibility index (Phi) is 4.72. The number of fused-ring (bicyclic) bond motifs is 2. The fraction of sp³-hybridized carbons (Fsp3) is 0.647. The van der Waals surface area contributed by atoms with Crippen LogP contribution in [0, 0.1) is 5.92 Å². The van der Waals surface area contributed by atoms with Crippen LogP contribution in [0.1, 0.15) is 31.2 Å². The first kappa shape index (κ1) is 15.1. The van der Waals surface area contributed by atoms with Gasteiger partial charge in [-0.3, -0.25) is 0 Å². The zero-order valence-electron chi connectivity index (χ0n) is 12.9. The Morgan fingerprint density at radius 3 is 2.67 bits per heavy atom. The molecule has 2 aliphatic heterocycles. The zero-order chi connectivity index (χ0) is 14.8. The molecule has 0 amide bonds. The van der Waals surface area contributed by atoms with Crippen LogP contribution in [0.3, 0.4) is 0 Å². The lowest BCUT2D eigenvalue weighted by molar-refractivity contribution is 0.133. The second-order valence-electron chi connectivity index (χ2n) is 6.47. The monoisotopic (exact) mass is 308 g/mol. The minimum absolute atomic E-state index is 0.768. The van der Waals surface area contributed by atoms with Crippen molar-refractivity contribution in [1.29, 1.82) is 0 Å². The van der Waals surface area contributed by atoms with Crippen molar-refractivity contribution in [2.45, 2.75) is 44.3 Å². The number of nitrogens with zero attached hydrogens (tertiary/aromatic N) is 1. The molecule has 2 fully saturated rings. The third-order valence-electron chi connectivity index (χ3n) is 5.19. The maximum atomic E-state index is 6.08. The normalized spacial score (nSPS) is 28.8. The number of nitrogens with one attached hydrogen (secondary N) is 1. The maximum absolute atomic E-state index is 6.08. The van der Waals surface area contributed by atoms with Gasteiger partial charge in [0.25, 0.3) is 0 Å². The molecule has 1 aromatic rings. The summed E-state index contributed by atoms with van der Waals surface area (Å²) in [5, 5.41) is 4.37. The number of methoxy groups -OCH3 is 1. The average molecular weight is 309 g/mol. The first-order chi connectivity index (χ1) is 10.2. The van der Waals surface area contributed by atoms with E-state index >= 15 is 0 Å². The van der Waals surface area contributed by atoms with Crippen LogP contribution in [0.5, 0.6) is 5.75 Å². The Bertz CT molecular complexity index is 480. The highest BCUT2D eigenvalue weighted by Gasteiger charge is 2.37. The minimum atomic E-state index is 0.768. The van der Waals surface area contributed by atoms with E-state index in [1.807, 2.05) is 18.2 Å². The first-order valence-corrected chi connectivity index (χ1v) is 8.30. The van der Waals surface area contributed by atoms with Crippen LogP contribution in [-0.4, -0.2) is 37.7 Å². The second kappa shape index (κ2) is 6.55. The van der Waals surface area contributed by atoms with Gasteiger partial charge in [0.2, 0.25) is 0 Å². The third-order valence-corrected chi connectivity index (χ3v) is 5.42. The first-order valence-electron chi connectivity index (χ1n) is 7.92. The van der Waals surface area contributed by atoms with Crippen molar-refractivity contribution in [3.8, 4) is 5.75 Å². The molecule has 2 heterocycles. The van der Waals surface area contributed by atoms with Crippen molar-refractivity contribution in [2.24, 2.45) is 5.92 Å². The Morgan fingerprint density at radius 2 is 2.00 bits per heavy atom. The second-order valence-corrected chi connectivity index (χ2v) is 6.91. The molecule has 2 unspecified atom stereocenters. The van der Waals surface area contributed by atoms with E-state index in [-0.39, 0.29) is 0 Å². The molecule has 21 heavy (non-hydrogen) atoms. The molecule has 1 N–H and O–H groups in total. The number of hydrogen-bond donors (Lipinski definition) is 1. The summed E-state index contributed by atoms with van der Waals surface area (Å²) in [5.41, 5.74) is 1.14. The third kappa shape index (κ3) is 3.36. The summed E-state index contributed by atoms with van der Waals surface area (Å²) in [4.78, 5) is 2.59. The lowest BCUT2D eigenvalue weighted by Gasteiger charge is -2.36. The minimum Gasteiger partial charge on any atom is -0.496 e. The summed E-state index contributed by atoms with van der Waals surface area (Å²) in [7, 11) is 4.00. The fourth-order valence-corrected chi connectivity index (χ4v) is 4.18. The van der Waals surface area contributed by atoms with Gasteiger partial charge >= 0.3 is 0 Å². The number of rotatable bonds is 5. The SMILES string of the molecule is COc1ccc(Cl)cc1CNCC1CC2CCC(C1)N2C. The van der Waals surface area contributed by atoms with Gasteiger partial charge in [0.1, 0.15) is 5.75 Å². The fourth-order valence-electron chi connectivity index (χ4n) is 3.99. The predicted molar refractivity (Wildman–Crippen MR) is 87.0 cm³/mol. The molecule has 0 saturated carbocycles. The van der Waals surface area contributed by atoms with E-state index in [1.165, 1.54) is 25.7 Å². The molecule has 3 rings (SSSR count). The van der Waals surface area contributed by atoms with E-state index in [0.29, 0.717) is 0 Å². The zero-order valence-corrected chi connectivity index (χ0v) is 13.7. The number of hydrogen-bond acceptors (Lipinski definition) is 3. The summed E-state index contributed by atoms with van der Waals surface area (Å²) in [6.07, 6.45) is 5.46. The lowest BCUT2D eigenvalue weighted by atomic mass is 9.91. The number of halogens is 1. The van der Waals surface area contributed by atoms with Crippen molar-refractivity contribution >= 4 is 11.6 Å². The van der Waals surface area contributed by atoms with Gasteiger partial charge in [0, 0.05) is 29.2 Å². The van der Waals surface area contributed by atoms with Crippen LogP contribution in [0.2, 0.25) is 5.02 Å². The maximum Gasteiger partial charge on any atom is 0.123 e. The van der Waals surface area contributed by atoms with E-state index < -0.39 is 0 Å². The Labute approximate surface area is 132 Å². The topological polar surface area (TPSA) is 24.5 Å². The molecular formula is C17H25ClN2O. The molecule has 116 valence electrons. The molecule has 1 aromatic carbocycles. The summed E-state index contributed by atoms with van der Waals surface area (Å²) in [6.45, 7) is 1.92. The molecule has 2 saturated heterocycles. The molecule has 3 nitrogen and oxygen atoms in total. The van der Waals surface area contributed by atoms with Crippen LogP contribution >= 0.6 is 11.6 Å². The van der Waals surface area contributed by atoms with Crippen LogP contribution in [0.4, 0.5) is 0 Å². The van der Waals surface area contributed by atoms with Gasteiger partial charge in [-0.15, -0.1) is 0 Å². The molecule has 0 radical (unpaired) electrons. The van der Waals surface area contributed by atoms with Crippen LogP contribution in [-0.2, 0) is 6.54 Å². The van der Waals surface area contributed by atoms with Gasteiger partial charge in [-0.1, -0.05) is 11.6 Å². The standard InChI is InChI=1S/C17H25ClN2O/c1-20-15-4-5-16(20)8-12(7-15)10-19-11-13-9-14(18)3-6-17(13)21-2/h3,6,9,12,15-16,19H,4-5,7-8,10-11H2,1-2H3. The molecule has 0 aromatic heterocycles. The van der Waals surface area contributed by atoms with Gasteiger partial charge in [-0.25, -0.2) is 0 Å². The molecule has 2 bridgehead atoms. The van der Waals surface area contributed by atoms with Gasteiger partial charge in [0.05, 0.1) is 7.11 Å². The van der Waals surface area contributed by atoms with Crippen molar-refractivity contribution in [1.82, 2.24) is 10.2 Å². The Morgan fingerprint density at radius 1 is 1.29 bits per heavy atom. The van der Waals surface area contributed by atoms with Gasteiger partial charge < -0.3 is 15.0 Å². The number of benzene rings is 1. The quantitative estimate of drug-likeness (QED) is 0.903. The number of ether oxygens (including phenoxy) is 1. The van der Waals surface area contributed by atoms with E-state index in [9.17, 15) is 0 Å². The van der Waals surface area contributed by atoms with Crippen molar-refractivity contribution in [2.75, 3.05) is 20.7 Å². The summed E-state index contributed by atoms with van der Waals surface area (Å²) in [6, 6.07) is 7.44. The summed E-state index contributed by atoms with van der Waals surface area (Å²) in [5.74, 6) is 1.72. The van der Waals surface area contributed by atoms with E-state index in [2.05, 4.69) is 17.3 Å². The largest absolute Gasteiger partial charge is 0.496 e. The highest BCUT2D eigenvalue weighted by Crippen LogP contribution is 2.37. The molecule has 0 aliphatic carbocycles. The molecule has 0 spiro atoms. The van der Waals surface area contributed by atoms with Crippen LogP contribution in [0.25, 0.3) is 0 Å². The Hall–Kier alpha value is -0.770. The van der Waals surface area contributed by atoms with E-state index in [0.717, 1.165) is 47.4 Å². The Balaban J connectivity index is 1.52. The highest BCUT2D eigenvalue weighted by molar-refractivity contribution is 6.30. The van der Waals surface area contributed by atoms with Gasteiger partial charge in [0.15, 0.2) is 0 Å². The summed E-state index contributed by atoms with van der Waals surface area (Å²) >= 11 is 6.08. The van der Waals surface area contributed by atoms with Gasteiger partial charge in [-0.05, 0) is 63.4 Å². The smallest absolute Gasteiger partial charge is 0.123 e. The van der Waals surface area contributed by atoms with Crippen molar-refractivity contribution in [3.63, 3.8) is 0 Å². The molecule has 4 heteroatoms. The van der Waals surface area contributed by atoms with Crippen molar-refractivity contribution < 1.29 is 4.74 Å². The highest BCUT2D eigenvalue weighted by atomic mass is 35.5. The molecule has 2 atom stereocenters. The predicted octanol–water partition coefficient (Wildman–Crippen LogP) is 3.31. The lowest BCUT2D eigenvalue weighted by Crippen LogP contribution is -2.42. The molecular weight excluding hydrogens is 284 g/mol. The number of piperidine rings is 1. The summed E-state index contributed by atoms with van der Waals surface area (Å²) < 4.78 is 5.40. The van der Waals surface area contributed by atoms with E-state index in [1.54, 1.807) is 7.11 Å². The van der Waals surface area contributed by atoms with E-state index in [4.69, 9.17) is 16.3 Å². The molecule has 2 aliphatic rings. The van der Waals surface area contributed by atoms with Crippen molar-refractivity contribution in [3.05, 3.63) is 28.8 Å². The average Bonchev–Trinajstić information content (AvgIpc) is 2.70. The van der Waals surface area contributed by atoms with Crippen LogP contribution < -0.4 is 10.1 Å². The van der Waals surface area contributed by atoms with Crippen LogP contribution in [0.15, 0.2) is 18.2 Å². The van der Waals surface area contributed by atoms with Gasteiger partial charge in [-0.2, -0.15) is 0 Å².